The van der Waals surface area contributed by atoms with E-state index >= 15 is 0 Å². The number of carbonyl (C=O) groups excluding carboxylic acids is 2. The minimum absolute atomic E-state index is 0.00167. The molecule has 1 aliphatic rings. The lowest BCUT2D eigenvalue weighted by atomic mass is 9.71. The maximum atomic E-state index is 13.8. The summed E-state index contributed by atoms with van der Waals surface area (Å²) in [7, 11) is 0. The molecule has 7 heteroatoms. The van der Waals surface area contributed by atoms with Crippen molar-refractivity contribution in [1.82, 2.24) is 20.4 Å². The maximum absolute atomic E-state index is 13.8. The van der Waals surface area contributed by atoms with Crippen molar-refractivity contribution in [3.63, 3.8) is 0 Å². The Morgan fingerprint density at radius 3 is 2.21 bits per heavy atom. The predicted molar refractivity (Wildman–Crippen MR) is 152 cm³/mol. The molecular weight excluding hydrogens is 488 g/mol. The first-order valence-corrected chi connectivity index (χ1v) is 14.1. The smallest absolute Gasteiger partial charge is 0.274 e. The molecule has 2 atom stereocenters. The topological polar surface area (TPSA) is 84.4 Å². The number of ether oxygens (including phenoxy) is 1. The number of nitrogens with one attached hydrogen (secondary N) is 1. The fourth-order valence-electron chi connectivity index (χ4n) is 5.19. The van der Waals surface area contributed by atoms with Crippen molar-refractivity contribution in [3.05, 3.63) is 95.3 Å². The van der Waals surface area contributed by atoms with Crippen molar-refractivity contribution in [1.29, 1.82) is 0 Å². The molecule has 206 valence electrons. The van der Waals surface area contributed by atoms with Crippen LogP contribution < -0.4 is 5.32 Å². The lowest BCUT2D eigenvalue weighted by molar-refractivity contribution is -0.129. The standard InChI is InChI=1S/C32H40N4O3/c1-4-22-39-23-17-24(2)28-15-16-29(35-34-28)30(37)36-20-18-32(19-21-36,27-13-9-6-10-14-27)31(38)33-25(3)26-11-7-5-8-12-26/h5-16,24-25H,4,17-23H2,1-3H3,(H,33,38). The van der Waals surface area contributed by atoms with Gasteiger partial charge >= 0.3 is 0 Å². The number of hydrogen-bond donors (Lipinski definition) is 1. The second-order valence-corrected chi connectivity index (χ2v) is 10.5. The van der Waals surface area contributed by atoms with E-state index in [1.807, 2.05) is 73.7 Å². The molecule has 1 fully saturated rings. The normalized spacial score (nSPS) is 16.3. The Morgan fingerprint density at radius 2 is 1.59 bits per heavy atom. The van der Waals surface area contributed by atoms with Crippen LogP contribution in [0.5, 0.6) is 0 Å². The van der Waals surface area contributed by atoms with Gasteiger partial charge in [-0.05, 0) is 55.9 Å². The zero-order valence-corrected chi connectivity index (χ0v) is 23.3. The first-order valence-electron chi connectivity index (χ1n) is 14.1. The van der Waals surface area contributed by atoms with Crippen LogP contribution in [0.1, 0.15) is 85.7 Å². The van der Waals surface area contributed by atoms with Gasteiger partial charge in [-0.2, -0.15) is 5.10 Å². The molecule has 7 nitrogen and oxygen atoms in total. The quantitative estimate of drug-likeness (QED) is 0.335. The van der Waals surface area contributed by atoms with E-state index in [9.17, 15) is 9.59 Å². The summed E-state index contributed by atoms with van der Waals surface area (Å²) in [5.41, 5.74) is 2.54. The third-order valence-corrected chi connectivity index (χ3v) is 7.77. The van der Waals surface area contributed by atoms with Crippen LogP contribution in [0.25, 0.3) is 0 Å². The summed E-state index contributed by atoms with van der Waals surface area (Å²) in [6, 6.07) is 23.4. The van der Waals surface area contributed by atoms with Gasteiger partial charge in [0.2, 0.25) is 5.91 Å². The zero-order valence-electron chi connectivity index (χ0n) is 23.3. The summed E-state index contributed by atoms with van der Waals surface area (Å²) >= 11 is 0. The first kappa shape index (κ1) is 28.4. The summed E-state index contributed by atoms with van der Waals surface area (Å²) in [6.45, 7) is 8.58. The van der Waals surface area contributed by atoms with Crippen LogP contribution in [0.3, 0.4) is 0 Å². The highest BCUT2D eigenvalue weighted by atomic mass is 16.5. The summed E-state index contributed by atoms with van der Waals surface area (Å²) in [4.78, 5) is 28.9. The highest BCUT2D eigenvalue weighted by Crippen LogP contribution is 2.37. The minimum atomic E-state index is -0.702. The van der Waals surface area contributed by atoms with Crippen LogP contribution in [0, 0.1) is 0 Å². The van der Waals surface area contributed by atoms with E-state index in [2.05, 4.69) is 29.4 Å². The molecule has 0 spiro atoms. The van der Waals surface area contributed by atoms with E-state index in [4.69, 9.17) is 4.74 Å². The van der Waals surface area contributed by atoms with Gasteiger partial charge in [-0.15, -0.1) is 5.10 Å². The SMILES string of the molecule is CCCOCCC(C)c1ccc(C(=O)N2CCC(C(=O)NC(C)c3ccccc3)(c3ccccc3)CC2)nn1. The summed E-state index contributed by atoms with van der Waals surface area (Å²) in [6.07, 6.45) is 2.94. The molecule has 4 rings (SSSR count). The highest BCUT2D eigenvalue weighted by molar-refractivity contribution is 5.93. The van der Waals surface area contributed by atoms with Crippen molar-refractivity contribution >= 4 is 11.8 Å². The molecule has 0 bridgehead atoms. The van der Waals surface area contributed by atoms with Gasteiger partial charge in [-0.25, -0.2) is 0 Å². The minimum Gasteiger partial charge on any atom is -0.381 e. The van der Waals surface area contributed by atoms with Crippen LogP contribution in [-0.2, 0) is 14.9 Å². The molecule has 1 saturated heterocycles. The molecule has 0 aliphatic carbocycles. The maximum Gasteiger partial charge on any atom is 0.274 e. The van der Waals surface area contributed by atoms with Gasteiger partial charge in [0.25, 0.3) is 5.91 Å². The average Bonchev–Trinajstić information content (AvgIpc) is 2.99. The largest absolute Gasteiger partial charge is 0.381 e. The molecule has 3 aromatic rings. The highest BCUT2D eigenvalue weighted by Gasteiger charge is 2.44. The van der Waals surface area contributed by atoms with E-state index in [0.29, 0.717) is 38.2 Å². The van der Waals surface area contributed by atoms with E-state index < -0.39 is 5.41 Å². The number of aromatic nitrogens is 2. The Morgan fingerprint density at radius 1 is 0.923 bits per heavy atom. The number of rotatable bonds is 11. The monoisotopic (exact) mass is 528 g/mol. The van der Waals surface area contributed by atoms with E-state index in [1.165, 1.54) is 0 Å². The third-order valence-electron chi connectivity index (χ3n) is 7.77. The molecule has 2 heterocycles. The van der Waals surface area contributed by atoms with Crippen molar-refractivity contribution < 1.29 is 14.3 Å². The number of benzene rings is 2. The molecule has 39 heavy (non-hydrogen) atoms. The zero-order chi connectivity index (χ0) is 27.7. The number of carbonyl (C=O) groups is 2. The number of hydrogen-bond acceptors (Lipinski definition) is 5. The van der Waals surface area contributed by atoms with Crippen molar-refractivity contribution in [2.24, 2.45) is 0 Å². The lowest BCUT2D eigenvalue weighted by Crippen LogP contribution is -2.53. The lowest BCUT2D eigenvalue weighted by Gasteiger charge is -2.41. The Kier molecular flexibility index (Phi) is 9.82. The van der Waals surface area contributed by atoms with Gasteiger partial charge < -0.3 is 15.0 Å². The molecule has 2 amide bonds. The average molecular weight is 529 g/mol. The molecule has 1 aliphatic heterocycles. The van der Waals surface area contributed by atoms with Crippen LogP contribution in [-0.4, -0.2) is 53.2 Å². The van der Waals surface area contributed by atoms with Gasteiger partial charge in [0.05, 0.1) is 17.2 Å². The molecule has 2 unspecified atom stereocenters. The van der Waals surface area contributed by atoms with Gasteiger partial charge in [-0.3, -0.25) is 9.59 Å². The molecule has 1 aromatic heterocycles. The third kappa shape index (κ3) is 6.90. The second-order valence-electron chi connectivity index (χ2n) is 10.5. The molecular formula is C32H40N4O3. The molecule has 0 radical (unpaired) electrons. The van der Waals surface area contributed by atoms with Gasteiger partial charge in [0.1, 0.15) is 0 Å². The molecule has 0 saturated carbocycles. The molecule has 2 aromatic carbocycles. The van der Waals surface area contributed by atoms with Crippen LogP contribution >= 0.6 is 0 Å². The number of piperidine rings is 1. The number of nitrogens with zero attached hydrogens (tertiary/aromatic N) is 3. The van der Waals surface area contributed by atoms with Crippen LogP contribution in [0.15, 0.2) is 72.8 Å². The Balaban J connectivity index is 1.42. The van der Waals surface area contributed by atoms with Gasteiger partial charge in [-0.1, -0.05) is 74.5 Å². The Bertz CT molecular complexity index is 1190. The van der Waals surface area contributed by atoms with Crippen LogP contribution in [0.2, 0.25) is 0 Å². The van der Waals surface area contributed by atoms with Crippen molar-refractivity contribution in [3.8, 4) is 0 Å². The molecule has 1 N–H and O–H groups in total. The van der Waals surface area contributed by atoms with E-state index in [0.717, 1.165) is 36.3 Å². The van der Waals surface area contributed by atoms with E-state index in [-0.39, 0.29) is 23.8 Å². The second kappa shape index (κ2) is 13.5. The summed E-state index contributed by atoms with van der Waals surface area (Å²) in [5.74, 6) is 0.0580. The fourth-order valence-corrected chi connectivity index (χ4v) is 5.19. The number of amides is 2. The summed E-state index contributed by atoms with van der Waals surface area (Å²) < 4.78 is 5.59. The number of likely N-dealkylation sites (tertiary alicyclic amines) is 1. The van der Waals surface area contributed by atoms with Crippen LogP contribution in [0.4, 0.5) is 0 Å². The van der Waals surface area contributed by atoms with Crippen molar-refractivity contribution in [2.45, 2.75) is 63.8 Å². The fraction of sp³-hybridized carbons (Fsp3) is 0.438. The predicted octanol–water partition coefficient (Wildman–Crippen LogP) is 5.45. The Labute approximate surface area is 232 Å². The Hall–Kier alpha value is -3.58. The van der Waals surface area contributed by atoms with Crippen molar-refractivity contribution in [2.75, 3.05) is 26.3 Å². The van der Waals surface area contributed by atoms with E-state index in [1.54, 1.807) is 11.0 Å². The first-order chi connectivity index (χ1) is 18.9. The summed E-state index contributed by atoms with van der Waals surface area (Å²) in [5, 5.41) is 11.8. The van der Waals surface area contributed by atoms with Gasteiger partial charge in [0, 0.05) is 32.2 Å². The van der Waals surface area contributed by atoms with Gasteiger partial charge in [0.15, 0.2) is 5.69 Å².